The van der Waals surface area contributed by atoms with Crippen LogP contribution in [0, 0.1) is 11.3 Å². The maximum absolute atomic E-state index is 10.6. The van der Waals surface area contributed by atoms with Crippen LogP contribution in [0.1, 0.15) is 15.9 Å². The molecule has 90 valence electrons. The summed E-state index contributed by atoms with van der Waals surface area (Å²) in [6.45, 7) is 0. The van der Waals surface area contributed by atoms with Crippen LogP contribution in [0.15, 0.2) is 48.8 Å². The van der Waals surface area contributed by atoms with Crippen LogP contribution in [0.2, 0.25) is 0 Å². The van der Waals surface area contributed by atoms with Crippen molar-refractivity contribution in [2.75, 3.05) is 0 Å². The Morgan fingerprint density at radius 3 is 2.63 bits per heavy atom. The number of hydrogen-bond acceptors (Lipinski definition) is 3. The summed E-state index contributed by atoms with van der Waals surface area (Å²) in [6, 6.07) is 12.9. The number of carbonyl (C=O) groups is 1. The highest BCUT2D eigenvalue weighted by Crippen LogP contribution is 2.21. The molecular weight excluding hydrogens is 238 g/mol. The predicted octanol–water partition coefficient (Wildman–Crippen LogP) is 2.69. The Bertz CT molecular complexity index is 794. The van der Waals surface area contributed by atoms with Gasteiger partial charge in [0.25, 0.3) is 0 Å². The molecule has 0 amide bonds. The Kier molecular flexibility index (Phi) is 2.58. The Morgan fingerprint density at radius 1 is 1.16 bits per heavy atom. The van der Waals surface area contributed by atoms with E-state index in [1.54, 1.807) is 30.6 Å². The van der Waals surface area contributed by atoms with E-state index in [1.165, 1.54) is 0 Å². The number of benzene rings is 1. The number of fused-ring (bicyclic) bond motifs is 1. The minimum Gasteiger partial charge on any atom is -0.298 e. The Morgan fingerprint density at radius 2 is 1.95 bits per heavy atom. The Balaban J connectivity index is 2.18. The first-order valence-electron chi connectivity index (χ1n) is 5.74. The molecule has 4 nitrogen and oxygen atoms in total. The fraction of sp³-hybridized carbons (Fsp3) is 0. The van der Waals surface area contributed by atoms with E-state index < -0.39 is 0 Å². The smallest absolute Gasteiger partial charge is 0.150 e. The van der Waals surface area contributed by atoms with Gasteiger partial charge in [0.1, 0.15) is 18.0 Å². The van der Waals surface area contributed by atoms with Crippen LogP contribution >= 0.6 is 0 Å². The first-order chi connectivity index (χ1) is 9.31. The van der Waals surface area contributed by atoms with E-state index in [9.17, 15) is 4.79 Å². The summed E-state index contributed by atoms with van der Waals surface area (Å²) in [4.78, 5) is 14.9. The predicted molar refractivity (Wildman–Crippen MR) is 70.7 cm³/mol. The van der Waals surface area contributed by atoms with Crippen molar-refractivity contribution in [1.82, 2.24) is 9.38 Å². The average molecular weight is 247 g/mol. The fourth-order valence-electron chi connectivity index (χ4n) is 1.99. The van der Waals surface area contributed by atoms with Gasteiger partial charge in [0.05, 0.1) is 17.5 Å². The van der Waals surface area contributed by atoms with Gasteiger partial charge in [-0.25, -0.2) is 4.98 Å². The van der Waals surface area contributed by atoms with Gasteiger partial charge in [-0.2, -0.15) is 5.26 Å². The molecule has 0 aliphatic carbocycles. The molecule has 0 saturated heterocycles. The van der Waals surface area contributed by atoms with Crippen LogP contribution in [-0.2, 0) is 0 Å². The summed E-state index contributed by atoms with van der Waals surface area (Å²) in [5, 5.41) is 8.94. The SMILES string of the molecule is N#Cc1ccc2ncc(-c3ccc(C=O)cc3)n2c1. The molecule has 3 rings (SSSR count). The molecule has 2 aromatic heterocycles. The highest BCUT2D eigenvalue weighted by atomic mass is 16.1. The number of rotatable bonds is 2. The molecule has 3 aromatic rings. The van der Waals surface area contributed by atoms with E-state index in [4.69, 9.17) is 5.26 Å². The van der Waals surface area contributed by atoms with Gasteiger partial charge in [-0.1, -0.05) is 24.3 Å². The third-order valence-electron chi connectivity index (χ3n) is 2.98. The van der Waals surface area contributed by atoms with Gasteiger partial charge in [0, 0.05) is 17.3 Å². The van der Waals surface area contributed by atoms with E-state index in [0.717, 1.165) is 23.2 Å². The lowest BCUT2D eigenvalue weighted by molar-refractivity contribution is 0.112. The van der Waals surface area contributed by atoms with Crippen molar-refractivity contribution in [1.29, 1.82) is 5.26 Å². The largest absolute Gasteiger partial charge is 0.298 e. The van der Waals surface area contributed by atoms with E-state index in [0.29, 0.717) is 11.1 Å². The van der Waals surface area contributed by atoms with Crippen LogP contribution in [0.3, 0.4) is 0 Å². The van der Waals surface area contributed by atoms with E-state index in [2.05, 4.69) is 11.1 Å². The third-order valence-corrected chi connectivity index (χ3v) is 2.98. The van der Waals surface area contributed by atoms with Gasteiger partial charge in [0.2, 0.25) is 0 Å². The lowest BCUT2D eigenvalue weighted by Gasteiger charge is -2.02. The highest BCUT2D eigenvalue weighted by Gasteiger charge is 2.06. The average Bonchev–Trinajstić information content (AvgIpc) is 2.90. The Hall–Kier alpha value is -2.93. The van der Waals surface area contributed by atoms with Crippen molar-refractivity contribution in [3.63, 3.8) is 0 Å². The summed E-state index contributed by atoms with van der Waals surface area (Å²) >= 11 is 0. The molecule has 0 N–H and O–H groups in total. The first-order valence-corrected chi connectivity index (χ1v) is 5.74. The second-order valence-electron chi connectivity index (χ2n) is 4.14. The van der Waals surface area contributed by atoms with Gasteiger partial charge in [0.15, 0.2) is 0 Å². The highest BCUT2D eigenvalue weighted by molar-refractivity contribution is 5.76. The molecule has 0 radical (unpaired) electrons. The van der Waals surface area contributed by atoms with Crippen molar-refractivity contribution in [2.45, 2.75) is 0 Å². The number of aldehydes is 1. The van der Waals surface area contributed by atoms with Gasteiger partial charge in [-0.3, -0.25) is 9.20 Å². The molecule has 0 saturated carbocycles. The summed E-state index contributed by atoms with van der Waals surface area (Å²) in [5.41, 5.74) is 3.85. The summed E-state index contributed by atoms with van der Waals surface area (Å²) in [6.07, 6.45) is 4.32. The molecular formula is C15H9N3O. The van der Waals surface area contributed by atoms with Crippen LogP contribution in [-0.4, -0.2) is 15.7 Å². The van der Waals surface area contributed by atoms with Crippen LogP contribution < -0.4 is 0 Å². The zero-order chi connectivity index (χ0) is 13.2. The molecule has 0 aliphatic heterocycles. The molecule has 0 fully saturated rings. The maximum Gasteiger partial charge on any atom is 0.150 e. The van der Waals surface area contributed by atoms with Crippen LogP contribution in [0.4, 0.5) is 0 Å². The lowest BCUT2D eigenvalue weighted by atomic mass is 10.1. The molecule has 19 heavy (non-hydrogen) atoms. The van der Waals surface area contributed by atoms with E-state index in [-0.39, 0.29) is 0 Å². The van der Waals surface area contributed by atoms with Gasteiger partial charge in [-0.05, 0) is 12.1 Å². The number of nitriles is 1. The van der Waals surface area contributed by atoms with Crippen molar-refractivity contribution in [3.8, 4) is 17.3 Å². The number of imidazole rings is 1. The quantitative estimate of drug-likeness (QED) is 0.654. The Labute approximate surface area is 109 Å². The fourth-order valence-corrected chi connectivity index (χ4v) is 1.99. The number of pyridine rings is 1. The van der Waals surface area contributed by atoms with Gasteiger partial charge < -0.3 is 0 Å². The third kappa shape index (κ3) is 1.87. The zero-order valence-electron chi connectivity index (χ0n) is 9.95. The molecule has 0 spiro atoms. The summed E-state index contributed by atoms with van der Waals surface area (Å²) < 4.78 is 1.87. The van der Waals surface area contributed by atoms with E-state index >= 15 is 0 Å². The monoisotopic (exact) mass is 247 g/mol. The summed E-state index contributed by atoms with van der Waals surface area (Å²) in [5.74, 6) is 0. The maximum atomic E-state index is 10.6. The molecule has 2 heterocycles. The molecule has 1 aromatic carbocycles. The normalized spacial score (nSPS) is 10.3. The molecule has 0 bridgehead atoms. The van der Waals surface area contributed by atoms with Crippen molar-refractivity contribution in [3.05, 3.63) is 59.9 Å². The molecule has 4 heteroatoms. The molecule has 0 unspecified atom stereocenters. The first kappa shape index (κ1) is 11.2. The molecule has 0 atom stereocenters. The lowest BCUT2D eigenvalue weighted by Crippen LogP contribution is -1.90. The topological polar surface area (TPSA) is 58.2 Å². The number of carbonyl (C=O) groups excluding carboxylic acids is 1. The standard InChI is InChI=1S/C15H9N3O/c16-7-12-3-6-15-17-8-14(18(15)9-12)13-4-1-11(10-19)2-5-13/h1-6,8-10H. The van der Waals surface area contributed by atoms with Crippen molar-refractivity contribution in [2.24, 2.45) is 0 Å². The second-order valence-corrected chi connectivity index (χ2v) is 4.14. The van der Waals surface area contributed by atoms with E-state index in [1.807, 2.05) is 22.6 Å². The minimum absolute atomic E-state index is 0.580. The molecule has 0 aliphatic rings. The van der Waals surface area contributed by atoms with Gasteiger partial charge >= 0.3 is 0 Å². The van der Waals surface area contributed by atoms with Crippen molar-refractivity contribution >= 4 is 11.9 Å². The number of nitrogens with zero attached hydrogens (tertiary/aromatic N) is 3. The number of hydrogen-bond donors (Lipinski definition) is 0. The zero-order valence-corrected chi connectivity index (χ0v) is 9.95. The number of aromatic nitrogens is 2. The summed E-state index contributed by atoms with van der Waals surface area (Å²) in [7, 11) is 0. The second kappa shape index (κ2) is 4.39. The van der Waals surface area contributed by atoms with Crippen LogP contribution in [0.5, 0.6) is 0 Å². The minimum atomic E-state index is 0.580. The van der Waals surface area contributed by atoms with Crippen LogP contribution in [0.25, 0.3) is 16.9 Å². The van der Waals surface area contributed by atoms with Gasteiger partial charge in [-0.15, -0.1) is 0 Å². The van der Waals surface area contributed by atoms with Crippen molar-refractivity contribution < 1.29 is 4.79 Å².